The second kappa shape index (κ2) is 11.6. The molecule has 2 aliphatic rings. The molecule has 9 heteroatoms. The van der Waals surface area contributed by atoms with E-state index in [1.807, 2.05) is 34.6 Å². The molecular weight excluding hydrogens is 540 g/mol. The van der Waals surface area contributed by atoms with Gasteiger partial charge in [0, 0.05) is 54.9 Å². The number of aromatic nitrogens is 3. The van der Waals surface area contributed by atoms with E-state index in [1.165, 1.54) is 11.1 Å². The molecule has 5 rings (SSSR count). The standard InChI is InChI=1S/C34H42N6O3/c1-21-27(24-8-9-25-20-40(15-11-23(25)18-24)32-36-14-10-26(19-35)38-32)29(39-16-12-34(6,7)13-17-39)28(22(2)37-21)30(31(41)42)43-33(3,4)5/h8-10,14,18,30H,11-13,15-17,20H2,1-7H3,(H,41,42). The normalized spacial score (nSPS) is 17.3. The molecule has 1 unspecified atom stereocenters. The first-order valence-electron chi connectivity index (χ1n) is 15.0. The number of benzene rings is 1. The fraction of sp³-hybridized carbons (Fsp3) is 0.500. The van der Waals surface area contributed by atoms with Gasteiger partial charge in [0.1, 0.15) is 11.8 Å². The number of hydrogen-bond acceptors (Lipinski definition) is 8. The number of carboxylic acid groups (broad SMARTS) is 1. The first-order valence-corrected chi connectivity index (χ1v) is 15.0. The summed E-state index contributed by atoms with van der Waals surface area (Å²) in [5.41, 5.74) is 7.47. The van der Waals surface area contributed by atoms with Crippen molar-refractivity contribution in [1.29, 1.82) is 5.26 Å². The second-order valence-electron chi connectivity index (χ2n) is 13.5. The average Bonchev–Trinajstić information content (AvgIpc) is 2.95. The Morgan fingerprint density at radius 2 is 1.77 bits per heavy atom. The van der Waals surface area contributed by atoms with E-state index < -0.39 is 17.7 Å². The zero-order chi connectivity index (χ0) is 31.1. The molecule has 3 aromatic rings. The van der Waals surface area contributed by atoms with Gasteiger partial charge in [0.05, 0.1) is 11.3 Å². The van der Waals surface area contributed by atoms with Gasteiger partial charge in [-0.2, -0.15) is 5.26 Å². The molecule has 4 heterocycles. The Labute approximate surface area is 254 Å². The Bertz CT molecular complexity index is 1580. The number of carbonyl (C=O) groups is 1. The molecule has 2 aromatic heterocycles. The number of carboxylic acids is 1. The van der Waals surface area contributed by atoms with E-state index >= 15 is 0 Å². The summed E-state index contributed by atoms with van der Waals surface area (Å²) >= 11 is 0. The van der Waals surface area contributed by atoms with Crippen molar-refractivity contribution in [3.05, 3.63) is 64.2 Å². The molecule has 226 valence electrons. The zero-order valence-electron chi connectivity index (χ0n) is 26.4. The van der Waals surface area contributed by atoms with E-state index in [9.17, 15) is 15.2 Å². The highest BCUT2D eigenvalue weighted by Gasteiger charge is 2.36. The third-order valence-electron chi connectivity index (χ3n) is 8.52. The molecule has 0 saturated carbocycles. The number of anilines is 2. The lowest BCUT2D eigenvalue weighted by molar-refractivity contribution is -0.160. The number of hydrogen-bond donors (Lipinski definition) is 1. The minimum absolute atomic E-state index is 0.232. The van der Waals surface area contributed by atoms with Crippen LogP contribution in [0.2, 0.25) is 0 Å². The van der Waals surface area contributed by atoms with Crippen LogP contribution in [0.15, 0.2) is 30.5 Å². The molecule has 9 nitrogen and oxygen atoms in total. The third kappa shape index (κ3) is 6.50. The lowest BCUT2D eigenvalue weighted by atomic mass is 9.81. The van der Waals surface area contributed by atoms with Crippen LogP contribution in [0.25, 0.3) is 11.1 Å². The molecule has 1 aromatic carbocycles. The van der Waals surface area contributed by atoms with Crippen LogP contribution >= 0.6 is 0 Å². The first kappa shape index (κ1) is 30.4. The number of piperidine rings is 1. The minimum Gasteiger partial charge on any atom is -0.479 e. The first-order chi connectivity index (χ1) is 20.3. The number of rotatable bonds is 6. The molecule has 0 spiro atoms. The van der Waals surface area contributed by atoms with Crippen LogP contribution in [-0.4, -0.2) is 51.3 Å². The van der Waals surface area contributed by atoms with Crippen molar-refractivity contribution >= 4 is 17.6 Å². The van der Waals surface area contributed by atoms with E-state index in [2.05, 4.69) is 57.9 Å². The van der Waals surface area contributed by atoms with Crippen molar-refractivity contribution in [2.45, 2.75) is 86.0 Å². The molecule has 1 atom stereocenters. The SMILES string of the molecule is Cc1nc(C)c(C(OC(C)(C)C)C(=O)O)c(N2CCC(C)(C)CC2)c1-c1ccc2c(c1)CCN(c1nccc(C#N)n1)C2. The molecule has 1 N–H and O–H groups in total. The summed E-state index contributed by atoms with van der Waals surface area (Å²) in [5, 5.41) is 19.7. The quantitative estimate of drug-likeness (QED) is 0.365. The Morgan fingerprint density at radius 1 is 1.05 bits per heavy atom. The van der Waals surface area contributed by atoms with Crippen LogP contribution in [0.3, 0.4) is 0 Å². The number of pyridine rings is 1. The van der Waals surface area contributed by atoms with Gasteiger partial charge in [0.25, 0.3) is 0 Å². The van der Waals surface area contributed by atoms with Crippen LogP contribution in [0, 0.1) is 30.6 Å². The lowest BCUT2D eigenvalue weighted by Gasteiger charge is -2.41. The van der Waals surface area contributed by atoms with Crippen molar-refractivity contribution in [1.82, 2.24) is 15.0 Å². The Morgan fingerprint density at radius 3 is 2.42 bits per heavy atom. The fourth-order valence-electron chi connectivity index (χ4n) is 6.20. The van der Waals surface area contributed by atoms with E-state index in [1.54, 1.807) is 12.3 Å². The monoisotopic (exact) mass is 582 g/mol. The van der Waals surface area contributed by atoms with Gasteiger partial charge < -0.3 is 19.6 Å². The van der Waals surface area contributed by atoms with Gasteiger partial charge in [-0.3, -0.25) is 4.98 Å². The molecule has 0 amide bonds. The Hall–Kier alpha value is -4.03. The molecule has 2 aliphatic heterocycles. The largest absolute Gasteiger partial charge is 0.479 e. The van der Waals surface area contributed by atoms with E-state index in [-0.39, 0.29) is 5.41 Å². The van der Waals surface area contributed by atoms with Gasteiger partial charge in [0.15, 0.2) is 6.10 Å². The van der Waals surface area contributed by atoms with Crippen molar-refractivity contribution in [3.8, 4) is 17.2 Å². The van der Waals surface area contributed by atoms with Crippen LogP contribution < -0.4 is 9.80 Å². The summed E-state index contributed by atoms with van der Waals surface area (Å²) in [4.78, 5) is 31.0. The number of nitrogens with zero attached hydrogens (tertiary/aromatic N) is 6. The smallest absolute Gasteiger partial charge is 0.337 e. The van der Waals surface area contributed by atoms with Gasteiger partial charge in [0.2, 0.25) is 5.95 Å². The summed E-state index contributed by atoms with van der Waals surface area (Å²) in [5.74, 6) is -0.452. The van der Waals surface area contributed by atoms with Crippen molar-refractivity contribution in [3.63, 3.8) is 0 Å². The van der Waals surface area contributed by atoms with Crippen LogP contribution in [-0.2, 0) is 22.5 Å². The van der Waals surface area contributed by atoms with Crippen molar-refractivity contribution < 1.29 is 14.6 Å². The Balaban J connectivity index is 1.61. The maximum absolute atomic E-state index is 12.8. The molecule has 0 bridgehead atoms. The summed E-state index contributed by atoms with van der Waals surface area (Å²) in [6.45, 7) is 17.2. The van der Waals surface area contributed by atoms with Gasteiger partial charge in [-0.25, -0.2) is 14.8 Å². The lowest BCUT2D eigenvalue weighted by Crippen LogP contribution is -2.39. The van der Waals surface area contributed by atoms with Gasteiger partial charge in [-0.05, 0) is 82.1 Å². The number of fused-ring (bicyclic) bond motifs is 1. The highest BCUT2D eigenvalue weighted by molar-refractivity contribution is 5.88. The summed E-state index contributed by atoms with van der Waals surface area (Å²) in [6, 6.07) is 10.2. The predicted molar refractivity (Wildman–Crippen MR) is 167 cm³/mol. The van der Waals surface area contributed by atoms with E-state index in [4.69, 9.17) is 9.72 Å². The molecule has 0 radical (unpaired) electrons. The maximum Gasteiger partial charge on any atom is 0.337 e. The summed E-state index contributed by atoms with van der Waals surface area (Å²) in [6.07, 6.45) is 3.30. The molecule has 1 fully saturated rings. The fourth-order valence-corrected chi connectivity index (χ4v) is 6.20. The predicted octanol–water partition coefficient (Wildman–Crippen LogP) is 6.16. The highest BCUT2D eigenvalue weighted by Crippen LogP contribution is 2.45. The van der Waals surface area contributed by atoms with Gasteiger partial charge in [-0.15, -0.1) is 0 Å². The number of aryl methyl sites for hydroxylation is 2. The zero-order valence-corrected chi connectivity index (χ0v) is 26.4. The number of ether oxygens (including phenoxy) is 1. The Kier molecular flexibility index (Phi) is 8.19. The summed E-state index contributed by atoms with van der Waals surface area (Å²) in [7, 11) is 0. The topological polar surface area (TPSA) is 115 Å². The van der Waals surface area contributed by atoms with Gasteiger partial charge in [-0.1, -0.05) is 32.0 Å². The highest BCUT2D eigenvalue weighted by atomic mass is 16.5. The molecule has 0 aliphatic carbocycles. The van der Waals surface area contributed by atoms with Gasteiger partial charge >= 0.3 is 5.97 Å². The average molecular weight is 583 g/mol. The maximum atomic E-state index is 12.8. The third-order valence-corrected chi connectivity index (χ3v) is 8.52. The van der Waals surface area contributed by atoms with Crippen LogP contribution in [0.4, 0.5) is 11.6 Å². The summed E-state index contributed by atoms with van der Waals surface area (Å²) < 4.78 is 6.23. The van der Waals surface area contributed by atoms with Crippen LogP contribution in [0.5, 0.6) is 0 Å². The van der Waals surface area contributed by atoms with Crippen molar-refractivity contribution in [2.24, 2.45) is 5.41 Å². The molecule has 1 saturated heterocycles. The van der Waals surface area contributed by atoms with Crippen LogP contribution in [0.1, 0.15) is 87.3 Å². The molecule has 43 heavy (non-hydrogen) atoms. The second-order valence-corrected chi connectivity index (χ2v) is 13.5. The number of aliphatic carboxylic acids is 1. The molecular formula is C34H42N6O3. The van der Waals surface area contributed by atoms with E-state index in [0.717, 1.165) is 61.4 Å². The number of nitriles is 1. The van der Waals surface area contributed by atoms with E-state index in [0.29, 0.717) is 29.4 Å². The van der Waals surface area contributed by atoms with Crippen molar-refractivity contribution in [2.75, 3.05) is 29.4 Å². The minimum atomic E-state index is -1.15.